The largest absolute Gasteiger partial charge is 0.346 e. The van der Waals surface area contributed by atoms with Crippen LogP contribution in [0.3, 0.4) is 0 Å². The molecular weight excluding hydrogens is 198 g/mol. The average Bonchev–Trinajstić information content (AvgIpc) is 2.78. The number of thioether (sulfide) groups is 2. The number of fused-ring (bicyclic) bond motifs is 2. The van der Waals surface area contributed by atoms with Gasteiger partial charge in [0, 0.05) is 17.2 Å². The van der Waals surface area contributed by atoms with Gasteiger partial charge in [0.15, 0.2) is 0 Å². The second-order valence-corrected chi connectivity index (χ2v) is 5.74. The second-order valence-electron chi connectivity index (χ2n) is 3.32. The van der Waals surface area contributed by atoms with E-state index in [-0.39, 0.29) is 0 Å². The minimum Gasteiger partial charge on any atom is -0.346 e. The van der Waals surface area contributed by atoms with Crippen LogP contribution in [0, 0.1) is 0 Å². The van der Waals surface area contributed by atoms with E-state index >= 15 is 0 Å². The number of hydrogen-bond donors (Lipinski definition) is 0. The molecule has 0 N–H and O–H groups in total. The van der Waals surface area contributed by atoms with E-state index < -0.39 is 0 Å². The number of hydrogen-bond acceptors (Lipinski definition) is 3. The first-order valence-corrected chi connectivity index (χ1v) is 6.61. The smallest absolute Gasteiger partial charge is 0.0854 e. The zero-order valence-corrected chi connectivity index (χ0v) is 8.85. The molecule has 2 heterocycles. The Morgan fingerprint density at radius 1 is 1.00 bits per heavy atom. The Hall–Kier alpha value is -0.280. The third kappa shape index (κ3) is 1.25. The fourth-order valence-electron chi connectivity index (χ4n) is 1.92. The van der Waals surface area contributed by atoms with Crippen LogP contribution in [-0.4, -0.2) is 22.3 Å². The molecule has 2 aliphatic rings. The molecule has 2 aliphatic heterocycles. The molecule has 3 heteroatoms. The first kappa shape index (κ1) is 8.06. The Morgan fingerprint density at radius 2 is 1.62 bits per heavy atom. The highest BCUT2D eigenvalue weighted by Crippen LogP contribution is 2.46. The maximum absolute atomic E-state index is 2.56. The Morgan fingerprint density at radius 3 is 2.15 bits per heavy atom. The Bertz CT molecular complexity index is 281. The maximum Gasteiger partial charge on any atom is 0.0854 e. The third-order valence-corrected chi connectivity index (χ3v) is 5.53. The molecule has 1 nitrogen and oxygen atoms in total. The van der Waals surface area contributed by atoms with Gasteiger partial charge in [-0.15, -0.1) is 23.5 Å². The van der Waals surface area contributed by atoms with Crippen LogP contribution in [-0.2, 0) is 0 Å². The van der Waals surface area contributed by atoms with Gasteiger partial charge < -0.3 is 4.90 Å². The molecule has 0 aromatic heterocycles. The van der Waals surface area contributed by atoms with E-state index in [4.69, 9.17) is 0 Å². The van der Waals surface area contributed by atoms with Gasteiger partial charge in [0.25, 0.3) is 0 Å². The molecule has 2 saturated heterocycles. The van der Waals surface area contributed by atoms with Crippen molar-refractivity contribution in [1.82, 2.24) is 0 Å². The lowest BCUT2D eigenvalue weighted by Gasteiger charge is -2.21. The normalized spacial score (nSPS) is 31.2. The number of para-hydroxylation sites is 1. The van der Waals surface area contributed by atoms with Crippen LogP contribution in [0.2, 0.25) is 0 Å². The molecule has 0 amide bonds. The van der Waals surface area contributed by atoms with Gasteiger partial charge in [-0.3, -0.25) is 0 Å². The fraction of sp³-hybridized carbons (Fsp3) is 0.400. The lowest BCUT2D eigenvalue weighted by Crippen LogP contribution is -2.27. The molecule has 0 aliphatic carbocycles. The first-order chi connectivity index (χ1) is 6.45. The summed E-state index contributed by atoms with van der Waals surface area (Å²) in [6.45, 7) is 0. The van der Waals surface area contributed by atoms with E-state index in [1.54, 1.807) is 0 Å². The van der Waals surface area contributed by atoms with Crippen LogP contribution in [0.15, 0.2) is 30.3 Å². The van der Waals surface area contributed by atoms with E-state index in [1.165, 1.54) is 17.2 Å². The van der Waals surface area contributed by atoms with Crippen molar-refractivity contribution in [3.8, 4) is 0 Å². The molecule has 0 saturated carbocycles. The molecule has 0 spiro atoms. The lowest BCUT2D eigenvalue weighted by molar-refractivity contribution is 0.877. The van der Waals surface area contributed by atoms with Gasteiger partial charge >= 0.3 is 0 Å². The van der Waals surface area contributed by atoms with Crippen LogP contribution in [0.25, 0.3) is 0 Å². The standard InChI is InChI=1S/C10H11NS2/c1-2-4-8(5-3-1)11-9-6-12-10(11)7-13-9/h1-5,9-10H,6-7H2. The van der Waals surface area contributed by atoms with Crippen LogP contribution in [0.4, 0.5) is 5.69 Å². The van der Waals surface area contributed by atoms with Crippen molar-refractivity contribution in [2.24, 2.45) is 0 Å². The molecule has 68 valence electrons. The van der Waals surface area contributed by atoms with Crippen LogP contribution >= 0.6 is 23.5 Å². The molecule has 3 rings (SSSR count). The van der Waals surface area contributed by atoms with Crippen molar-refractivity contribution in [3.05, 3.63) is 30.3 Å². The van der Waals surface area contributed by atoms with Gasteiger partial charge in [-0.05, 0) is 12.1 Å². The highest BCUT2D eigenvalue weighted by Gasteiger charge is 2.40. The van der Waals surface area contributed by atoms with Crippen molar-refractivity contribution >= 4 is 29.2 Å². The number of anilines is 1. The van der Waals surface area contributed by atoms with Gasteiger partial charge in [0.2, 0.25) is 0 Å². The minimum atomic E-state index is 0.734. The number of rotatable bonds is 1. The molecule has 13 heavy (non-hydrogen) atoms. The second kappa shape index (κ2) is 3.14. The molecule has 2 bridgehead atoms. The van der Waals surface area contributed by atoms with Crippen molar-refractivity contribution < 1.29 is 0 Å². The summed E-state index contributed by atoms with van der Waals surface area (Å²) in [5, 5.41) is 1.47. The Kier molecular flexibility index (Phi) is 1.95. The summed E-state index contributed by atoms with van der Waals surface area (Å²) in [6, 6.07) is 10.8. The SMILES string of the molecule is c1ccc(N2C3CSC2CS3)cc1. The zero-order chi connectivity index (χ0) is 8.67. The van der Waals surface area contributed by atoms with Crippen LogP contribution < -0.4 is 4.90 Å². The summed E-state index contributed by atoms with van der Waals surface area (Å²) >= 11 is 4.20. The predicted octanol–water partition coefficient (Wildman–Crippen LogP) is 2.64. The van der Waals surface area contributed by atoms with Gasteiger partial charge in [-0.1, -0.05) is 18.2 Å². The van der Waals surface area contributed by atoms with Gasteiger partial charge in [0.1, 0.15) is 0 Å². The summed E-state index contributed by atoms with van der Waals surface area (Å²) in [5.41, 5.74) is 1.40. The number of nitrogens with zero attached hydrogens (tertiary/aromatic N) is 1. The fourth-order valence-corrected chi connectivity index (χ4v) is 5.19. The molecule has 0 radical (unpaired) electrons. The Balaban J connectivity index is 1.94. The minimum absolute atomic E-state index is 0.734. The molecule has 2 fully saturated rings. The average molecular weight is 209 g/mol. The highest BCUT2D eigenvalue weighted by molar-refractivity contribution is 8.08. The van der Waals surface area contributed by atoms with E-state index in [9.17, 15) is 0 Å². The van der Waals surface area contributed by atoms with Crippen molar-refractivity contribution in [1.29, 1.82) is 0 Å². The summed E-state index contributed by atoms with van der Waals surface area (Å²) in [4.78, 5) is 2.56. The molecule has 2 unspecified atom stereocenters. The monoisotopic (exact) mass is 209 g/mol. The van der Waals surface area contributed by atoms with Crippen molar-refractivity contribution in [3.63, 3.8) is 0 Å². The highest BCUT2D eigenvalue weighted by atomic mass is 32.2. The van der Waals surface area contributed by atoms with E-state index in [0.717, 1.165) is 10.7 Å². The molecule has 1 aromatic rings. The quantitative estimate of drug-likeness (QED) is 0.700. The summed E-state index contributed by atoms with van der Waals surface area (Å²) in [7, 11) is 0. The first-order valence-electron chi connectivity index (χ1n) is 4.52. The van der Waals surface area contributed by atoms with Crippen molar-refractivity contribution in [2.75, 3.05) is 16.4 Å². The molecular formula is C10H11NS2. The van der Waals surface area contributed by atoms with Gasteiger partial charge in [0.05, 0.1) is 10.7 Å². The third-order valence-electron chi connectivity index (χ3n) is 2.54. The molecule has 1 aromatic carbocycles. The van der Waals surface area contributed by atoms with Crippen molar-refractivity contribution in [2.45, 2.75) is 10.7 Å². The zero-order valence-electron chi connectivity index (χ0n) is 7.22. The lowest BCUT2D eigenvalue weighted by atomic mass is 10.3. The summed E-state index contributed by atoms with van der Waals surface area (Å²) < 4.78 is 0. The number of benzene rings is 1. The summed E-state index contributed by atoms with van der Waals surface area (Å²) in [5.74, 6) is 2.59. The topological polar surface area (TPSA) is 3.24 Å². The van der Waals surface area contributed by atoms with E-state index in [2.05, 4.69) is 58.8 Å². The Labute approximate surface area is 86.9 Å². The van der Waals surface area contributed by atoms with Gasteiger partial charge in [-0.2, -0.15) is 0 Å². The predicted molar refractivity (Wildman–Crippen MR) is 61.4 cm³/mol. The van der Waals surface area contributed by atoms with Crippen LogP contribution in [0.1, 0.15) is 0 Å². The van der Waals surface area contributed by atoms with Gasteiger partial charge in [-0.25, -0.2) is 0 Å². The maximum atomic E-state index is 2.56. The summed E-state index contributed by atoms with van der Waals surface area (Å²) in [6.07, 6.45) is 0. The van der Waals surface area contributed by atoms with Crippen LogP contribution in [0.5, 0.6) is 0 Å². The van der Waals surface area contributed by atoms with E-state index in [0.29, 0.717) is 0 Å². The molecule has 2 atom stereocenters. The van der Waals surface area contributed by atoms with E-state index in [1.807, 2.05) is 0 Å².